The summed E-state index contributed by atoms with van der Waals surface area (Å²) in [5.41, 5.74) is 3.38. The van der Waals surface area contributed by atoms with Gasteiger partial charge in [0.15, 0.2) is 5.70 Å². The number of carbonyl (C=O) groups excluding carboxylic acids is 1. The molecule has 1 aliphatic heterocycles. The molecule has 0 fully saturated rings. The number of aliphatic imine (C=N–C) groups is 1. The van der Waals surface area contributed by atoms with Crippen LogP contribution in [0, 0.1) is 18.3 Å². The molecule has 0 amide bonds. The van der Waals surface area contributed by atoms with E-state index in [4.69, 9.17) is 27.9 Å². The third-order valence-electron chi connectivity index (χ3n) is 5.52. The van der Waals surface area contributed by atoms with Crippen molar-refractivity contribution in [2.24, 2.45) is 10.9 Å². The summed E-state index contributed by atoms with van der Waals surface area (Å²) in [5, 5.41) is 0.186. The summed E-state index contributed by atoms with van der Waals surface area (Å²) >= 11 is 6.42. The van der Waals surface area contributed by atoms with E-state index < -0.39 is 23.6 Å². The molecule has 32 heavy (non-hydrogen) atoms. The summed E-state index contributed by atoms with van der Waals surface area (Å²) in [5.74, 6) is -2.33. The quantitative estimate of drug-likeness (QED) is 0.328. The van der Waals surface area contributed by atoms with Crippen LogP contribution in [0.25, 0.3) is 4.85 Å². The van der Waals surface area contributed by atoms with Crippen molar-refractivity contribution in [2.45, 2.75) is 45.4 Å². The van der Waals surface area contributed by atoms with Gasteiger partial charge in [-0.2, -0.15) is 0 Å². The Morgan fingerprint density at radius 2 is 1.91 bits per heavy atom. The number of carbonyl (C=O) groups is 1. The van der Waals surface area contributed by atoms with Gasteiger partial charge in [-0.3, -0.25) is 9.79 Å². The molecule has 2 unspecified atom stereocenters. The highest BCUT2D eigenvalue weighted by Gasteiger charge is 2.42. The highest BCUT2D eigenvalue weighted by Crippen LogP contribution is 2.44. The fourth-order valence-corrected chi connectivity index (χ4v) is 4.39. The van der Waals surface area contributed by atoms with Crippen LogP contribution in [0.2, 0.25) is 5.02 Å². The minimum Gasteiger partial charge on any atom is -0.466 e. The number of aryl methyl sites for hydroxylation is 1. The SMILES string of the molecule is [C-]#[N+]C1=C(CCc2ccccc2)N=C(CCC)C(C(=O)OCC)C1c1ccc(F)cc1Cl. The predicted octanol–water partition coefficient (Wildman–Crippen LogP) is 6.76. The third kappa shape index (κ3) is 5.26. The van der Waals surface area contributed by atoms with Crippen molar-refractivity contribution >= 4 is 23.3 Å². The molecule has 0 radical (unpaired) electrons. The van der Waals surface area contributed by atoms with E-state index in [2.05, 4.69) is 4.85 Å². The van der Waals surface area contributed by atoms with Crippen LogP contribution < -0.4 is 0 Å². The Kier molecular flexibility index (Phi) is 8.19. The molecule has 4 nitrogen and oxygen atoms in total. The average molecular weight is 453 g/mol. The Morgan fingerprint density at radius 3 is 2.53 bits per heavy atom. The lowest BCUT2D eigenvalue weighted by Gasteiger charge is -2.32. The van der Waals surface area contributed by atoms with Crippen molar-refractivity contribution in [3.05, 3.63) is 93.3 Å². The maximum atomic E-state index is 13.8. The predicted molar refractivity (Wildman–Crippen MR) is 125 cm³/mol. The summed E-state index contributed by atoms with van der Waals surface area (Å²) < 4.78 is 19.1. The molecule has 6 heteroatoms. The molecule has 2 atom stereocenters. The van der Waals surface area contributed by atoms with Crippen LogP contribution in [0.15, 0.2) is 64.9 Å². The molecule has 0 bridgehead atoms. The first-order valence-corrected chi connectivity index (χ1v) is 11.2. The zero-order valence-electron chi connectivity index (χ0n) is 18.3. The zero-order valence-corrected chi connectivity index (χ0v) is 19.0. The minimum absolute atomic E-state index is 0.186. The number of hydrogen-bond acceptors (Lipinski definition) is 3. The number of halogens is 2. The minimum atomic E-state index is -0.762. The second-order valence-electron chi connectivity index (χ2n) is 7.66. The second-order valence-corrected chi connectivity index (χ2v) is 8.06. The number of esters is 1. The molecule has 2 aromatic carbocycles. The van der Waals surface area contributed by atoms with Crippen LogP contribution in [0.4, 0.5) is 4.39 Å². The number of rotatable bonds is 8. The highest BCUT2D eigenvalue weighted by atomic mass is 35.5. The van der Waals surface area contributed by atoms with Crippen molar-refractivity contribution in [2.75, 3.05) is 6.61 Å². The van der Waals surface area contributed by atoms with E-state index in [1.54, 1.807) is 13.0 Å². The van der Waals surface area contributed by atoms with E-state index in [1.165, 1.54) is 12.1 Å². The third-order valence-corrected chi connectivity index (χ3v) is 5.85. The zero-order chi connectivity index (χ0) is 23.1. The van der Waals surface area contributed by atoms with Crippen LogP contribution in [0.1, 0.15) is 50.2 Å². The Bertz CT molecular complexity index is 1070. The molecule has 0 saturated carbocycles. The van der Waals surface area contributed by atoms with Crippen molar-refractivity contribution in [3.63, 3.8) is 0 Å². The maximum Gasteiger partial charge on any atom is 0.314 e. The first-order valence-electron chi connectivity index (χ1n) is 10.8. The summed E-state index contributed by atoms with van der Waals surface area (Å²) in [6.45, 7) is 11.9. The monoisotopic (exact) mass is 452 g/mol. The largest absolute Gasteiger partial charge is 0.466 e. The van der Waals surface area contributed by atoms with Gasteiger partial charge in [-0.15, -0.1) is 0 Å². The van der Waals surface area contributed by atoms with Crippen LogP contribution in [0.5, 0.6) is 0 Å². The van der Waals surface area contributed by atoms with Gasteiger partial charge in [0.2, 0.25) is 0 Å². The van der Waals surface area contributed by atoms with Gasteiger partial charge in [0.1, 0.15) is 5.82 Å². The van der Waals surface area contributed by atoms with Gasteiger partial charge in [-0.05, 0) is 49.4 Å². The van der Waals surface area contributed by atoms with Gasteiger partial charge in [-0.1, -0.05) is 61.3 Å². The highest BCUT2D eigenvalue weighted by molar-refractivity contribution is 6.31. The Morgan fingerprint density at radius 1 is 1.16 bits per heavy atom. The van der Waals surface area contributed by atoms with Crippen molar-refractivity contribution < 1.29 is 13.9 Å². The molecular formula is C26H26ClFN2O2. The molecule has 0 saturated heterocycles. The standard InChI is InChI=1S/C26H26ClFN2O2/c1-4-9-21-24(26(31)32-5-2)23(19-14-13-18(28)16-20(19)27)25(29-3)22(30-21)15-12-17-10-7-6-8-11-17/h6-8,10-11,13-14,16,23-24H,4-5,9,12,15H2,1-2H3. The molecule has 2 aromatic rings. The van der Waals surface area contributed by atoms with E-state index in [9.17, 15) is 9.18 Å². The van der Waals surface area contributed by atoms with E-state index >= 15 is 0 Å². The summed E-state index contributed by atoms with van der Waals surface area (Å²) in [4.78, 5) is 21.7. The first-order chi connectivity index (χ1) is 15.5. The summed E-state index contributed by atoms with van der Waals surface area (Å²) in [7, 11) is 0. The first kappa shape index (κ1) is 23.7. The van der Waals surface area contributed by atoms with Crippen LogP contribution >= 0.6 is 11.6 Å². The van der Waals surface area contributed by atoms with E-state index in [1.807, 2.05) is 37.3 Å². The van der Waals surface area contributed by atoms with Gasteiger partial charge >= 0.3 is 5.97 Å². The van der Waals surface area contributed by atoms with Crippen molar-refractivity contribution in [1.82, 2.24) is 0 Å². The van der Waals surface area contributed by atoms with E-state index in [0.717, 1.165) is 12.0 Å². The number of hydrogen-bond donors (Lipinski definition) is 0. The van der Waals surface area contributed by atoms with Gasteiger partial charge in [0.05, 0.1) is 19.1 Å². The molecule has 0 aromatic heterocycles. The molecular weight excluding hydrogens is 427 g/mol. The summed E-state index contributed by atoms with van der Waals surface area (Å²) in [6.07, 6.45) is 2.66. The molecule has 3 rings (SSSR count). The van der Waals surface area contributed by atoms with Gasteiger partial charge in [0.25, 0.3) is 0 Å². The number of nitrogens with zero attached hydrogens (tertiary/aromatic N) is 2. The Hall–Kier alpha value is -2.97. The molecule has 0 spiro atoms. The van der Waals surface area contributed by atoms with Crippen molar-refractivity contribution in [1.29, 1.82) is 0 Å². The molecule has 0 N–H and O–H groups in total. The lowest BCUT2D eigenvalue weighted by Crippen LogP contribution is -2.35. The van der Waals surface area contributed by atoms with Gasteiger partial charge in [0, 0.05) is 22.3 Å². The fraction of sp³-hybridized carbons (Fsp3) is 0.346. The molecule has 1 aliphatic rings. The Labute approximate surface area is 193 Å². The normalized spacial score (nSPS) is 18.2. The number of benzene rings is 2. The van der Waals surface area contributed by atoms with Gasteiger partial charge < -0.3 is 4.74 Å². The molecule has 166 valence electrons. The Balaban J connectivity index is 2.13. The fourth-order valence-electron chi connectivity index (χ4n) is 4.11. The van der Waals surface area contributed by atoms with Crippen LogP contribution in [-0.4, -0.2) is 18.3 Å². The van der Waals surface area contributed by atoms with E-state index in [-0.39, 0.29) is 11.6 Å². The average Bonchev–Trinajstić information content (AvgIpc) is 2.78. The maximum absolute atomic E-state index is 13.8. The smallest absolute Gasteiger partial charge is 0.314 e. The lowest BCUT2D eigenvalue weighted by atomic mass is 9.76. The number of allylic oxidation sites excluding steroid dienone is 2. The lowest BCUT2D eigenvalue weighted by molar-refractivity contribution is -0.146. The molecule has 0 aliphatic carbocycles. The number of ether oxygens (including phenoxy) is 1. The summed E-state index contributed by atoms with van der Waals surface area (Å²) in [6, 6.07) is 14.1. The topological polar surface area (TPSA) is 43.0 Å². The van der Waals surface area contributed by atoms with Crippen LogP contribution in [0.3, 0.4) is 0 Å². The van der Waals surface area contributed by atoms with Gasteiger partial charge in [-0.25, -0.2) is 9.24 Å². The van der Waals surface area contributed by atoms with Crippen molar-refractivity contribution in [3.8, 4) is 0 Å². The van der Waals surface area contributed by atoms with E-state index in [0.29, 0.717) is 41.9 Å². The molecule has 1 heterocycles. The second kappa shape index (κ2) is 11.1. The van der Waals surface area contributed by atoms with Crippen LogP contribution in [-0.2, 0) is 16.0 Å².